The summed E-state index contributed by atoms with van der Waals surface area (Å²) in [5, 5.41) is 13.2. The Kier molecular flexibility index (Phi) is 13.2. The van der Waals surface area contributed by atoms with Crippen LogP contribution in [0, 0.1) is 11.8 Å². The molecule has 246 valence electrons. The van der Waals surface area contributed by atoms with Gasteiger partial charge in [-0.15, -0.1) is 0 Å². The zero-order valence-corrected chi connectivity index (χ0v) is 27.5. The van der Waals surface area contributed by atoms with Crippen molar-refractivity contribution in [3.63, 3.8) is 0 Å². The van der Waals surface area contributed by atoms with E-state index in [1.165, 1.54) is 0 Å². The van der Waals surface area contributed by atoms with Crippen LogP contribution in [0.5, 0.6) is 0 Å². The molecule has 0 bridgehead atoms. The van der Waals surface area contributed by atoms with Crippen molar-refractivity contribution in [3.05, 3.63) is 132 Å². The number of ether oxygens (including phenoxy) is 1. The number of hydrogen-bond donors (Lipinski definition) is 2. The lowest BCUT2D eigenvalue weighted by atomic mass is 9.88. The lowest BCUT2D eigenvalue weighted by molar-refractivity contribution is -0.150. The molecule has 0 aliphatic rings. The van der Waals surface area contributed by atoms with E-state index in [2.05, 4.69) is 5.32 Å². The number of aryl methyl sites for hydroxylation is 1. The highest BCUT2D eigenvalue weighted by atomic mass is 16.5. The summed E-state index contributed by atoms with van der Waals surface area (Å²) >= 11 is 0. The van der Waals surface area contributed by atoms with E-state index in [-0.39, 0.29) is 25.0 Å². The summed E-state index contributed by atoms with van der Waals surface area (Å²) in [6.45, 7) is 6.51. The van der Waals surface area contributed by atoms with Crippen molar-refractivity contribution in [1.29, 1.82) is 0 Å². The van der Waals surface area contributed by atoms with E-state index >= 15 is 0 Å². The molecule has 0 fully saturated rings. The summed E-state index contributed by atoms with van der Waals surface area (Å²) in [6, 6.07) is 35.5. The molecule has 0 saturated carbocycles. The number of urea groups is 1. The minimum atomic E-state index is -1.16. The fourth-order valence-corrected chi connectivity index (χ4v) is 5.84. The zero-order chi connectivity index (χ0) is 33.6. The van der Waals surface area contributed by atoms with Gasteiger partial charge in [-0.1, -0.05) is 136 Å². The number of carboxylic acid groups (broad SMARTS) is 1. The molecule has 2 N–H and O–H groups in total. The van der Waals surface area contributed by atoms with Crippen LogP contribution in [0.1, 0.15) is 56.2 Å². The maximum Gasteiger partial charge on any atom is 0.326 e. The molecular formula is C40H46N2O5. The maximum absolute atomic E-state index is 13.9. The second kappa shape index (κ2) is 17.7. The summed E-state index contributed by atoms with van der Waals surface area (Å²) in [6.07, 6.45) is 1.63. The molecule has 0 saturated heterocycles. The van der Waals surface area contributed by atoms with Crippen molar-refractivity contribution in [2.75, 3.05) is 13.1 Å². The van der Waals surface area contributed by atoms with Gasteiger partial charge in [0.1, 0.15) is 12.6 Å². The molecule has 7 heteroatoms. The minimum absolute atomic E-state index is 0.0895. The second-order valence-corrected chi connectivity index (χ2v) is 12.4. The third-order valence-corrected chi connectivity index (χ3v) is 8.33. The third-order valence-electron chi connectivity index (χ3n) is 8.33. The number of carboxylic acids is 1. The van der Waals surface area contributed by atoms with Gasteiger partial charge in [0.25, 0.3) is 0 Å². The van der Waals surface area contributed by atoms with Crippen LogP contribution in [0.15, 0.2) is 115 Å². The number of rotatable bonds is 16. The lowest BCUT2D eigenvalue weighted by Crippen LogP contribution is -2.52. The summed E-state index contributed by atoms with van der Waals surface area (Å²) in [4.78, 5) is 41.6. The van der Waals surface area contributed by atoms with Crippen molar-refractivity contribution >= 4 is 18.0 Å². The molecule has 4 aromatic rings. The highest BCUT2D eigenvalue weighted by molar-refractivity contribution is 5.84. The first kappa shape index (κ1) is 35.0. The van der Waals surface area contributed by atoms with Crippen LogP contribution in [0.3, 0.4) is 0 Å². The number of amides is 2. The van der Waals surface area contributed by atoms with E-state index in [4.69, 9.17) is 4.74 Å². The van der Waals surface area contributed by atoms with Gasteiger partial charge in [0.2, 0.25) is 0 Å². The quantitative estimate of drug-likeness (QED) is 0.122. The van der Waals surface area contributed by atoms with Gasteiger partial charge in [0, 0.05) is 19.0 Å². The Balaban J connectivity index is 1.52. The molecule has 7 nitrogen and oxygen atoms in total. The van der Waals surface area contributed by atoms with Crippen LogP contribution in [0.25, 0.3) is 11.1 Å². The molecule has 0 aliphatic carbocycles. The molecule has 0 radical (unpaired) electrons. The van der Waals surface area contributed by atoms with E-state index < -0.39 is 29.9 Å². The van der Waals surface area contributed by atoms with Crippen molar-refractivity contribution in [2.24, 2.45) is 11.8 Å². The molecule has 1 unspecified atom stereocenters. The first-order valence-electron chi connectivity index (χ1n) is 16.4. The number of nitrogens with zero attached hydrogens (tertiary/aromatic N) is 1. The van der Waals surface area contributed by atoms with Gasteiger partial charge in [-0.3, -0.25) is 4.79 Å². The summed E-state index contributed by atoms with van der Waals surface area (Å²) in [5.74, 6) is -2.45. The Morgan fingerprint density at radius 1 is 0.745 bits per heavy atom. The molecule has 47 heavy (non-hydrogen) atoms. The predicted octanol–water partition coefficient (Wildman–Crippen LogP) is 7.96. The van der Waals surface area contributed by atoms with Gasteiger partial charge in [0.15, 0.2) is 0 Å². The zero-order valence-electron chi connectivity index (χ0n) is 27.5. The highest BCUT2D eigenvalue weighted by Gasteiger charge is 2.33. The fourth-order valence-electron chi connectivity index (χ4n) is 5.84. The SMILES string of the molecule is CCC(c1ccc(-c2ccccc2)cc1)[C@H](NC(=O)N(CC(C)C)C[C@H](CCc1ccccc1)C(=O)OCc1ccccc1)C(=O)O. The largest absolute Gasteiger partial charge is 0.480 e. The number of aliphatic carboxylic acids is 1. The van der Waals surface area contributed by atoms with Crippen LogP contribution in [0.2, 0.25) is 0 Å². The van der Waals surface area contributed by atoms with Crippen molar-refractivity contribution in [1.82, 2.24) is 10.2 Å². The average molecular weight is 635 g/mol. The van der Waals surface area contributed by atoms with Gasteiger partial charge < -0.3 is 20.1 Å². The molecule has 0 aliphatic heterocycles. The molecule has 4 rings (SSSR count). The van der Waals surface area contributed by atoms with Crippen molar-refractivity contribution in [2.45, 2.75) is 58.6 Å². The average Bonchev–Trinajstić information content (AvgIpc) is 3.09. The molecule has 0 aromatic heterocycles. The standard InChI is InChI=1S/C40H46N2O5/c1-4-36(34-24-22-33(23-25-34)32-18-12-7-13-19-32)37(38(43)44)41-40(46)42(26-29(2)3)27-35(21-20-30-14-8-5-9-15-30)39(45)47-28-31-16-10-6-11-17-31/h5-19,22-25,29,35-37H,4,20-21,26-28H2,1-3H3,(H,41,46)(H,43,44)/t35-,36?,37-/m0/s1. The van der Waals surface area contributed by atoms with Crippen LogP contribution in [0.4, 0.5) is 4.79 Å². The minimum Gasteiger partial charge on any atom is -0.480 e. The maximum atomic E-state index is 13.9. The first-order chi connectivity index (χ1) is 22.7. The van der Waals surface area contributed by atoms with E-state index in [0.29, 0.717) is 25.8 Å². The topological polar surface area (TPSA) is 95.9 Å². The van der Waals surface area contributed by atoms with Crippen molar-refractivity contribution < 1.29 is 24.2 Å². The normalized spacial score (nSPS) is 12.9. The molecule has 2 amide bonds. The predicted molar refractivity (Wildman–Crippen MR) is 186 cm³/mol. The van der Waals surface area contributed by atoms with Crippen molar-refractivity contribution in [3.8, 4) is 11.1 Å². The monoisotopic (exact) mass is 634 g/mol. The number of benzene rings is 4. The van der Waals surface area contributed by atoms with Gasteiger partial charge in [-0.05, 0) is 53.0 Å². The molecular weight excluding hydrogens is 588 g/mol. The molecule has 4 aromatic carbocycles. The number of esters is 1. The first-order valence-corrected chi connectivity index (χ1v) is 16.4. The van der Waals surface area contributed by atoms with Gasteiger partial charge in [0.05, 0.1) is 5.92 Å². The Bertz CT molecular complexity index is 1540. The Morgan fingerprint density at radius 3 is 1.85 bits per heavy atom. The fraction of sp³-hybridized carbons (Fsp3) is 0.325. The smallest absolute Gasteiger partial charge is 0.326 e. The number of carbonyl (C=O) groups excluding carboxylic acids is 2. The van der Waals surface area contributed by atoms with Gasteiger partial charge >= 0.3 is 18.0 Å². The highest BCUT2D eigenvalue weighted by Crippen LogP contribution is 2.28. The van der Waals surface area contributed by atoms with E-state index in [1.807, 2.05) is 136 Å². The van der Waals surface area contributed by atoms with E-state index in [9.17, 15) is 19.5 Å². The Morgan fingerprint density at radius 2 is 1.30 bits per heavy atom. The third kappa shape index (κ3) is 10.6. The lowest BCUT2D eigenvalue weighted by Gasteiger charge is -2.31. The van der Waals surface area contributed by atoms with Crippen LogP contribution >= 0.6 is 0 Å². The summed E-state index contributed by atoms with van der Waals surface area (Å²) in [5.41, 5.74) is 4.91. The van der Waals surface area contributed by atoms with Gasteiger partial charge in [-0.25, -0.2) is 9.59 Å². The molecule has 0 spiro atoms. The van der Waals surface area contributed by atoms with E-state index in [0.717, 1.165) is 27.8 Å². The summed E-state index contributed by atoms with van der Waals surface area (Å²) in [7, 11) is 0. The Labute approximate surface area is 278 Å². The van der Waals surface area contributed by atoms with Crippen LogP contribution in [-0.4, -0.2) is 47.1 Å². The van der Waals surface area contributed by atoms with Crippen LogP contribution < -0.4 is 5.32 Å². The van der Waals surface area contributed by atoms with E-state index in [1.54, 1.807) is 4.90 Å². The van der Waals surface area contributed by atoms with Crippen LogP contribution in [-0.2, 0) is 27.4 Å². The Hall–Kier alpha value is -4.91. The number of nitrogens with one attached hydrogen (secondary N) is 1. The van der Waals surface area contributed by atoms with Gasteiger partial charge in [-0.2, -0.15) is 0 Å². The number of hydrogen-bond acceptors (Lipinski definition) is 4. The summed E-state index contributed by atoms with van der Waals surface area (Å²) < 4.78 is 5.75. The molecule has 0 heterocycles. The number of carbonyl (C=O) groups is 3. The second-order valence-electron chi connectivity index (χ2n) is 12.4. The molecule has 3 atom stereocenters.